The lowest BCUT2D eigenvalue weighted by molar-refractivity contribution is 0.938. The Hall–Kier alpha value is -5.90. The average molecular weight is 736 g/mol. The minimum absolute atomic E-state index is 0.126. The molecule has 0 bridgehead atoms. The second kappa shape index (κ2) is 17.5. The Morgan fingerprint density at radius 2 is 0.818 bits per heavy atom. The lowest BCUT2D eigenvalue weighted by Gasteiger charge is -2.27. The number of rotatable bonds is 12. The predicted octanol–water partition coefficient (Wildman–Crippen LogP) is 13.5. The Balaban J connectivity index is 1.46. The fraction of sp³-hybridized carbons (Fsp3) is 0.157. The SMILES string of the molecule is CCc1cccc(CC)c1N=C(C)c1cccc(C(C)=Nc2c(C(c3ccccc3)c3ccccc3)cc(Cl)cc2C(c2ccccc2)c2ccccc2)n1. The standard InChI is InChI=1S/C51H46ClN3/c1-5-37-29-19-30-38(6-2)50(37)53-35(3)46-31-20-32-47(55-46)36(4)54-51-44(48(39-21-11-7-12-22-39)40-23-13-8-14-24-40)33-43(52)34-45(51)49(41-25-15-9-16-26-41)42-27-17-10-18-28-42/h7-34,48-49H,5-6H2,1-4H3. The summed E-state index contributed by atoms with van der Waals surface area (Å²) >= 11 is 7.20. The Kier molecular flexibility index (Phi) is 11.9. The van der Waals surface area contributed by atoms with Gasteiger partial charge in [0.05, 0.1) is 34.2 Å². The largest absolute Gasteiger partial charge is 0.251 e. The smallest absolute Gasteiger partial charge is 0.0849 e. The zero-order valence-corrected chi connectivity index (χ0v) is 32.7. The van der Waals surface area contributed by atoms with Crippen molar-refractivity contribution in [2.24, 2.45) is 9.98 Å². The molecule has 0 spiro atoms. The van der Waals surface area contributed by atoms with Crippen molar-refractivity contribution in [2.45, 2.75) is 52.4 Å². The van der Waals surface area contributed by atoms with Crippen molar-refractivity contribution < 1.29 is 0 Å². The fourth-order valence-electron chi connectivity index (χ4n) is 7.54. The van der Waals surface area contributed by atoms with Gasteiger partial charge in [-0.2, -0.15) is 0 Å². The molecule has 0 amide bonds. The molecule has 1 aromatic heterocycles. The van der Waals surface area contributed by atoms with Gasteiger partial charge in [0.1, 0.15) is 0 Å². The molecule has 7 aromatic rings. The summed E-state index contributed by atoms with van der Waals surface area (Å²) in [5.74, 6) is -0.252. The lowest BCUT2D eigenvalue weighted by Crippen LogP contribution is -2.10. The second-order valence-electron chi connectivity index (χ2n) is 13.9. The minimum Gasteiger partial charge on any atom is -0.251 e. The minimum atomic E-state index is -0.126. The van der Waals surface area contributed by atoms with Crippen molar-refractivity contribution in [3.8, 4) is 0 Å². The van der Waals surface area contributed by atoms with E-state index in [4.69, 9.17) is 26.6 Å². The highest BCUT2D eigenvalue weighted by Crippen LogP contribution is 2.46. The monoisotopic (exact) mass is 735 g/mol. The highest BCUT2D eigenvalue weighted by Gasteiger charge is 2.28. The highest BCUT2D eigenvalue weighted by atomic mass is 35.5. The Bertz CT molecular complexity index is 2220. The highest BCUT2D eigenvalue weighted by molar-refractivity contribution is 6.31. The first kappa shape index (κ1) is 37.4. The first-order valence-corrected chi connectivity index (χ1v) is 19.5. The summed E-state index contributed by atoms with van der Waals surface area (Å²) in [6, 6.07) is 59.4. The van der Waals surface area contributed by atoms with Gasteiger partial charge in [-0.05, 0) is 95.5 Å². The van der Waals surface area contributed by atoms with Crippen LogP contribution in [0.2, 0.25) is 5.02 Å². The van der Waals surface area contributed by atoms with E-state index < -0.39 is 0 Å². The van der Waals surface area contributed by atoms with Crippen molar-refractivity contribution in [3.05, 3.63) is 231 Å². The van der Waals surface area contributed by atoms with Gasteiger partial charge in [0.15, 0.2) is 0 Å². The van der Waals surface area contributed by atoms with E-state index in [1.807, 2.05) is 12.1 Å². The molecular formula is C51H46ClN3. The van der Waals surface area contributed by atoms with Crippen LogP contribution in [0.25, 0.3) is 0 Å². The maximum Gasteiger partial charge on any atom is 0.0849 e. The molecular weight excluding hydrogens is 690 g/mol. The molecule has 0 aliphatic rings. The van der Waals surface area contributed by atoms with E-state index in [0.717, 1.165) is 80.4 Å². The van der Waals surface area contributed by atoms with E-state index in [9.17, 15) is 0 Å². The van der Waals surface area contributed by atoms with Crippen LogP contribution in [0.1, 0.15) is 95.4 Å². The fourth-order valence-corrected chi connectivity index (χ4v) is 7.78. The van der Waals surface area contributed by atoms with E-state index in [1.54, 1.807) is 0 Å². The van der Waals surface area contributed by atoms with Gasteiger partial charge in [0, 0.05) is 16.9 Å². The zero-order chi connectivity index (χ0) is 38.1. The molecule has 6 aromatic carbocycles. The molecule has 0 aliphatic carbocycles. The van der Waals surface area contributed by atoms with Crippen molar-refractivity contribution in [1.29, 1.82) is 0 Å². The molecule has 272 valence electrons. The van der Waals surface area contributed by atoms with Gasteiger partial charge in [0.25, 0.3) is 0 Å². The number of aromatic nitrogens is 1. The van der Waals surface area contributed by atoms with Crippen LogP contribution in [0.15, 0.2) is 180 Å². The molecule has 0 saturated heterocycles. The third-order valence-corrected chi connectivity index (χ3v) is 10.5. The molecule has 7 rings (SSSR count). The van der Waals surface area contributed by atoms with Gasteiger partial charge in [-0.15, -0.1) is 0 Å². The number of halogens is 1. The zero-order valence-electron chi connectivity index (χ0n) is 32.0. The van der Waals surface area contributed by atoms with Gasteiger partial charge in [-0.3, -0.25) is 9.98 Å². The molecule has 0 aliphatic heterocycles. The Labute approximate surface area is 331 Å². The topological polar surface area (TPSA) is 37.6 Å². The lowest BCUT2D eigenvalue weighted by atomic mass is 9.79. The van der Waals surface area contributed by atoms with Crippen LogP contribution >= 0.6 is 11.6 Å². The summed E-state index contributed by atoms with van der Waals surface area (Å²) < 4.78 is 0. The van der Waals surface area contributed by atoms with E-state index in [0.29, 0.717) is 5.02 Å². The molecule has 0 fully saturated rings. The summed E-state index contributed by atoms with van der Waals surface area (Å²) in [4.78, 5) is 16.0. The summed E-state index contributed by atoms with van der Waals surface area (Å²) in [5, 5.41) is 0.668. The molecule has 0 radical (unpaired) electrons. The van der Waals surface area contributed by atoms with E-state index in [-0.39, 0.29) is 11.8 Å². The van der Waals surface area contributed by atoms with Gasteiger partial charge >= 0.3 is 0 Å². The first-order valence-electron chi connectivity index (χ1n) is 19.2. The van der Waals surface area contributed by atoms with Crippen LogP contribution in [-0.4, -0.2) is 16.4 Å². The molecule has 1 heterocycles. The number of hydrogen-bond donors (Lipinski definition) is 0. The summed E-state index contributed by atoms with van der Waals surface area (Å²) in [6.45, 7) is 8.47. The van der Waals surface area contributed by atoms with Gasteiger partial charge in [-0.25, -0.2) is 4.98 Å². The van der Waals surface area contributed by atoms with Crippen LogP contribution in [-0.2, 0) is 12.8 Å². The van der Waals surface area contributed by atoms with Crippen LogP contribution in [0.3, 0.4) is 0 Å². The number of nitrogens with zero attached hydrogens (tertiary/aromatic N) is 3. The molecule has 4 heteroatoms. The van der Waals surface area contributed by atoms with Crippen molar-refractivity contribution >= 4 is 34.4 Å². The summed E-state index contributed by atoms with van der Waals surface area (Å²) in [7, 11) is 0. The van der Waals surface area contributed by atoms with Crippen LogP contribution < -0.4 is 0 Å². The third kappa shape index (κ3) is 8.43. The van der Waals surface area contributed by atoms with Crippen LogP contribution in [0.4, 0.5) is 11.4 Å². The van der Waals surface area contributed by atoms with Gasteiger partial charge in [0.2, 0.25) is 0 Å². The quantitative estimate of drug-likeness (QED) is 0.0909. The number of hydrogen-bond acceptors (Lipinski definition) is 3. The van der Waals surface area contributed by atoms with Crippen LogP contribution in [0, 0.1) is 0 Å². The van der Waals surface area contributed by atoms with E-state index in [1.165, 1.54) is 11.1 Å². The number of aliphatic imine (C=N–C) groups is 2. The molecule has 3 nitrogen and oxygen atoms in total. The molecule has 0 unspecified atom stereocenters. The van der Waals surface area contributed by atoms with Crippen LogP contribution in [0.5, 0.6) is 0 Å². The third-order valence-electron chi connectivity index (χ3n) is 10.3. The van der Waals surface area contributed by atoms with Crippen molar-refractivity contribution in [2.75, 3.05) is 0 Å². The number of para-hydroxylation sites is 1. The maximum absolute atomic E-state index is 7.20. The van der Waals surface area contributed by atoms with Crippen molar-refractivity contribution in [1.82, 2.24) is 4.98 Å². The summed E-state index contributed by atoms with van der Waals surface area (Å²) in [6.07, 6.45) is 1.84. The Morgan fingerprint density at radius 3 is 1.18 bits per heavy atom. The molecule has 0 N–H and O–H groups in total. The number of pyridine rings is 1. The van der Waals surface area contributed by atoms with Crippen molar-refractivity contribution in [3.63, 3.8) is 0 Å². The number of aryl methyl sites for hydroxylation is 2. The predicted molar refractivity (Wildman–Crippen MR) is 232 cm³/mol. The normalized spacial score (nSPS) is 12.1. The first-order chi connectivity index (χ1) is 26.9. The van der Waals surface area contributed by atoms with E-state index >= 15 is 0 Å². The molecule has 55 heavy (non-hydrogen) atoms. The molecule has 0 saturated carbocycles. The Morgan fingerprint density at radius 1 is 0.473 bits per heavy atom. The molecule has 0 atom stereocenters. The van der Waals surface area contributed by atoms with Gasteiger partial charge < -0.3 is 0 Å². The average Bonchev–Trinajstić information content (AvgIpc) is 3.23. The summed E-state index contributed by atoms with van der Waals surface area (Å²) in [5.41, 5.74) is 14.5. The van der Waals surface area contributed by atoms with Gasteiger partial charge in [-0.1, -0.05) is 171 Å². The van der Waals surface area contributed by atoms with E-state index in [2.05, 4.69) is 185 Å². The maximum atomic E-state index is 7.20. The number of benzene rings is 6. The second-order valence-corrected chi connectivity index (χ2v) is 14.3.